The standard InChI is InChI=1S/C12H13BrO/c1-9(5-7-11(3)13)10(2)6-8-12(4)14/h5-8,14H,1-4H2/b7-5-,8-6-. The Morgan fingerprint density at radius 3 is 1.64 bits per heavy atom. The van der Waals surface area contributed by atoms with E-state index in [1.165, 1.54) is 6.08 Å². The summed E-state index contributed by atoms with van der Waals surface area (Å²) < 4.78 is 0.766. The molecular weight excluding hydrogens is 240 g/mol. The lowest BCUT2D eigenvalue weighted by Crippen LogP contribution is -1.78. The van der Waals surface area contributed by atoms with Crippen LogP contribution in [-0.2, 0) is 0 Å². The highest BCUT2D eigenvalue weighted by molar-refractivity contribution is 9.11. The van der Waals surface area contributed by atoms with Gasteiger partial charge in [-0.05, 0) is 23.3 Å². The van der Waals surface area contributed by atoms with Crippen LogP contribution >= 0.6 is 15.9 Å². The highest BCUT2D eigenvalue weighted by Gasteiger charge is 1.91. The van der Waals surface area contributed by atoms with Crippen LogP contribution < -0.4 is 0 Å². The van der Waals surface area contributed by atoms with Crippen molar-refractivity contribution in [2.24, 2.45) is 0 Å². The minimum atomic E-state index is -0.00664. The van der Waals surface area contributed by atoms with Gasteiger partial charge in [-0.15, -0.1) is 0 Å². The summed E-state index contributed by atoms with van der Waals surface area (Å²) in [4.78, 5) is 0. The number of aliphatic hydroxyl groups is 1. The highest BCUT2D eigenvalue weighted by Crippen LogP contribution is 2.12. The molecule has 0 atom stereocenters. The quantitative estimate of drug-likeness (QED) is 0.575. The summed E-state index contributed by atoms with van der Waals surface area (Å²) in [6.07, 6.45) is 6.66. The van der Waals surface area contributed by atoms with Gasteiger partial charge in [-0.3, -0.25) is 0 Å². The van der Waals surface area contributed by atoms with Gasteiger partial charge in [0.15, 0.2) is 0 Å². The molecule has 0 unspecified atom stereocenters. The minimum absolute atomic E-state index is 0.00664. The van der Waals surface area contributed by atoms with Crippen LogP contribution in [0.3, 0.4) is 0 Å². The Balaban J connectivity index is 4.35. The van der Waals surface area contributed by atoms with Gasteiger partial charge < -0.3 is 5.11 Å². The molecule has 0 radical (unpaired) electrons. The summed E-state index contributed by atoms with van der Waals surface area (Å²) >= 11 is 3.19. The lowest BCUT2D eigenvalue weighted by molar-refractivity contribution is 0.435. The van der Waals surface area contributed by atoms with E-state index in [4.69, 9.17) is 5.11 Å². The van der Waals surface area contributed by atoms with Gasteiger partial charge in [0, 0.05) is 4.48 Å². The van der Waals surface area contributed by atoms with Crippen molar-refractivity contribution in [3.63, 3.8) is 0 Å². The molecule has 0 spiro atoms. The third-order valence-electron chi connectivity index (χ3n) is 1.35. The van der Waals surface area contributed by atoms with E-state index in [-0.39, 0.29) is 5.76 Å². The molecule has 0 aliphatic rings. The Hall–Kier alpha value is -1.28. The van der Waals surface area contributed by atoms with Crippen molar-refractivity contribution in [2.45, 2.75) is 0 Å². The van der Waals surface area contributed by atoms with Gasteiger partial charge in [0.05, 0.1) is 0 Å². The fourth-order valence-electron chi connectivity index (χ4n) is 0.602. The Kier molecular flexibility index (Phi) is 5.65. The maximum absolute atomic E-state index is 8.81. The molecule has 0 aliphatic heterocycles. The SMILES string of the molecule is C=C(O)/C=C\C(=C)C(=C)/C=C\C(=C)Br. The van der Waals surface area contributed by atoms with E-state index < -0.39 is 0 Å². The van der Waals surface area contributed by atoms with Crippen molar-refractivity contribution in [3.05, 3.63) is 72.0 Å². The summed E-state index contributed by atoms with van der Waals surface area (Å²) in [6, 6.07) is 0. The Bertz CT molecular complexity index is 298. The zero-order valence-electron chi connectivity index (χ0n) is 7.96. The topological polar surface area (TPSA) is 20.2 Å². The van der Waals surface area contributed by atoms with E-state index in [0.717, 1.165) is 10.1 Å². The van der Waals surface area contributed by atoms with Crippen LogP contribution in [-0.4, -0.2) is 5.11 Å². The second-order valence-corrected chi connectivity index (χ2v) is 3.67. The number of hydrogen-bond acceptors (Lipinski definition) is 1. The molecule has 1 nitrogen and oxygen atoms in total. The molecule has 0 heterocycles. The predicted octanol–water partition coefficient (Wildman–Crippen LogP) is 4.19. The fraction of sp³-hybridized carbons (Fsp3) is 0. The lowest BCUT2D eigenvalue weighted by Gasteiger charge is -1.97. The number of aliphatic hydroxyl groups excluding tert-OH is 1. The average Bonchev–Trinajstić information content (AvgIpc) is 2.09. The second-order valence-electron chi connectivity index (χ2n) is 2.66. The molecule has 0 amide bonds. The van der Waals surface area contributed by atoms with Gasteiger partial charge in [0.25, 0.3) is 0 Å². The zero-order valence-corrected chi connectivity index (χ0v) is 9.55. The molecule has 1 N–H and O–H groups in total. The zero-order chi connectivity index (χ0) is 11.1. The molecule has 0 aromatic heterocycles. The van der Waals surface area contributed by atoms with Crippen LogP contribution in [0, 0.1) is 0 Å². The molecule has 0 saturated carbocycles. The summed E-state index contributed by atoms with van der Waals surface area (Å²) in [6.45, 7) is 14.5. The molecule has 0 saturated heterocycles. The largest absolute Gasteiger partial charge is 0.509 e. The van der Waals surface area contributed by atoms with Gasteiger partial charge in [0.1, 0.15) is 5.76 Å². The molecule has 74 valence electrons. The van der Waals surface area contributed by atoms with Crippen molar-refractivity contribution < 1.29 is 5.11 Å². The Morgan fingerprint density at radius 2 is 1.29 bits per heavy atom. The molecule has 14 heavy (non-hydrogen) atoms. The van der Waals surface area contributed by atoms with Crippen molar-refractivity contribution >= 4 is 15.9 Å². The van der Waals surface area contributed by atoms with Gasteiger partial charge in [-0.25, -0.2) is 0 Å². The van der Waals surface area contributed by atoms with E-state index in [0.29, 0.717) is 5.57 Å². The Labute approximate surface area is 93.3 Å². The molecule has 2 heteroatoms. The van der Waals surface area contributed by atoms with Crippen molar-refractivity contribution in [3.8, 4) is 0 Å². The second kappa shape index (κ2) is 6.22. The maximum atomic E-state index is 8.81. The molecule has 0 aromatic carbocycles. The van der Waals surface area contributed by atoms with Gasteiger partial charge in [-0.1, -0.05) is 54.4 Å². The van der Waals surface area contributed by atoms with E-state index >= 15 is 0 Å². The van der Waals surface area contributed by atoms with Crippen LogP contribution in [0.1, 0.15) is 0 Å². The van der Waals surface area contributed by atoms with Gasteiger partial charge in [-0.2, -0.15) is 0 Å². The minimum Gasteiger partial charge on any atom is -0.509 e. The van der Waals surface area contributed by atoms with Gasteiger partial charge in [0.2, 0.25) is 0 Å². The van der Waals surface area contributed by atoms with E-state index in [2.05, 4.69) is 42.2 Å². The first-order chi connectivity index (χ1) is 6.43. The van der Waals surface area contributed by atoms with Crippen molar-refractivity contribution in [1.82, 2.24) is 0 Å². The van der Waals surface area contributed by atoms with Crippen LogP contribution in [0.15, 0.2) is 72.0 Å². The smallest absolute Gasteiger partial charge is 0.108 e. The molecule has 0 aliphatic carbocycles. The van der Waals surface area contributed by atoms with Crippen molar-refractivity contribution in [2.75, 3.05) is 0 Å². The monoisotopic (exact) mass is 252 g/mol. The number of rotatable bonds is 5. The first-order valence-corrected chi connectivity index (χ1v) is 4.69. The van der Waals surface area contributed by atoms with Crippen LogP contribution in [0.25, 0.3) is 0 Å². The number of hydrogen-bond donors (Lipinski definition) is 1. The van der Waals surface area contributed by atoms with Crippen molar-refractivity contribution in [1.29, 1.82) is 0 Å². The summed E-state index contributed by atoms with van der Waals surface area (Å²) in [7, 11) is 0. The van der Waals surface area contributed by atoms with E-state index in [1.54, 1.807) is 18.2 Å². The fourth-order valence-corrected chi connectivity index (χ4v) is 0.734. The molecule has 0 rings (SSSR count). The predicted molar refractivity (Wildman–Crippen MR) is 66.4 cm³/mol. The first-order valence-electron chi connectivity index (χ1n) is 3.90. The number of allylic oxidation sites excluding steroid dienone is 7. The normalized spacial score (nSPS) is 10.6. The van der Waals surface area contributed by atoms with E-state index in [9.17, 15) is 0 Å². The third kappa shape index (κ3) is 6.26. The molecular formula is C12H13BrO. The Morgan fingerprint density at radius 1 is 0.857 bits per heavy atom. The van der Waals surface area contributed by atoms with Gasteiger partial charge >= 0.3 is 0 Å². The molecule has 0 bridgehead atoms. The van der Waals surface area contributed by atoms with Crippen LogP contribution in [0.4, 0.5) is 0 Å². The highest BCUT2D eigenvalue weighted by atomic mass is 79.9. The number of halogens is 1. The van der Waals surface area contributed by atoms with E-state index in [1.807, 2.05) is 0 Å². The van der Waals surface area contributed by atoms with Crippen LogP contribution in [0.5, 0.6) is 0 Å². The molecule has 0 aromatic rings. The third-order valence-corrected chi connectivity index (χ3v) is 1.62. The summed E-state index contributed by atoms with van der Waals surface area (Å²) in [5.74, 6) is -0.00664. The first kappa shape index (κ1) is 12.7. The maximum Gasteiger partial charge on any atom is 0.108 e. The summed E-state index contributed by atoms with van der Waals surface area (Å²) in [5.41, 5.74) is 1.47. The average molecular weight is 253 g/mol. The van der Waals surface area contributed by atoms with Crippen LogP contribution in [0.2, 0.25) is 0 Å². The lowest BCUT2D eigenvalue weighted by atomic mass is 10.1. The summed E-state index contributed by atoms with van der Waals surface area (Å²) in [5, 5.41) is 8.81. The molecule has 0 fully saturated rings.